The first-order chi connectivity index (χ1) is 18.1. The summed E-state index contributed by atoms with van der Waals surface area (Å²) in [6, 6.07) is 13.5. The van der Waals surface area contributed by atoms with Crippen molar-refractivity contribution in [1.29, 1.82) is 0 Å². The maximum Gasteiger partial charge on any atom is 0.243 e. The number of methoxy groups -OCH3 is 1. The molecule has 0 spiro atoms. The van der Waals surface area contributed by atoms with Gasteiger partial charge in [0.1, 0.15) is 11.8 Å². The largest absolute Gasteiger partial charge is 0.497 e. The van der Waals surface area contributed by atoms with Gasteiger partial charge >= 0.3 is 0 Å². The second kappa shape index (κ2) is 13.8. The molecule has 1 aliphatic rings. The molecule has 1 unspecified atom stereocenters. The molecule has 10 heteroatoms. The number of hydrogen-bond donors (Lipinski definition) is 1. The van der Waals surface area contributed by atoms with Gasteiger partial charge in [-0.05, 0) is 67.6 Å². The van der Waals surface area contributed by atoms with Crippen molar-refractivity contribution in [2.24, 2.45) is 0 Å². The second-order valence-corrected chi connectivity index (χ2v) is 12.0. The summed E-state index contributed by atoms with van der Waals surface area (Å²) in [5.41, 5.74) is 1.34. The van der Waals surface area contributed by atoms with Gasteiger partial charge in [0.2, 0.25) is 21.8 Å². The van der Waals surface area contributed by atoms with Gasteiger partial charge in [0, 0.05) is 30.6 Å². The minimum atomic E-state index is -3.57. The fourth-order valence-electron chi connectivity index (χ4n) is 4.87. The summed E-state index contributed by atoms with van der Waals surface area (Å²) in [7, 11) is -1.98. The van der Waals surface area contributed by atoms with Crippen molar-refractivity contribution >= 4 is 39.1 Å². The molecule has 0 heterocycles. The Bertz CT molecular complexity index is 1180. The van der Waals surface area contributed by atoms with Crippen molar-refractivity contribution in [3.63, 3.8) is 0 Å². The molecule has 1 atom stereocenters. The molecule has 0 saturated heterocycles. The number of anilines is 1. The smallest absolute Gasteiger partial charge is 0.243 e. The average molecular weight is 564 g/mol. The van der Waals surface area contributed by atoms with Crippen LogP contribution in [0.25, 0.3) is 0 Å². The monoisotopic (exact) mass is 563 g/mol. The van der Waals surface area contributed by atoms with E-state index >= 15 is 0 Å². The van der Waals surface area contributed by atoms with Crippen molar-refractivity contribution < 1.29 is 22.7 Å². The highest BCUT2D eigenvalue weighted by Crippen LogP contribution is 2.23. The molecule has 0 bridgehead atoms. The van der Waals surface area contributed by atoms with Crippen LogP contribution in [0.5, 0.6) is 5.75 Å². The first-order valence-electron chi connectivity index (χ1n) is 13.1. The quantitative estimate of drug-likeness (QED) is 0.379. The van der Waals surface area contributed by atoms with Crippen LogP contribution in [0.2, 0.25) is 5.02 Å². The van der Waals surface area contributed by atoms with Gasteiger partial charge < -0.3 is 15.0 Å². The number of nitrogens with one attached hydrogen (secondary N) is 1. The molecule has 0 radical (unpaired) electrons. The fourth-order valence-corrected chi connectivity index (χ4v) is 5.96. The zero-order valence-corrected chi connectivity index (χ0v) is 23.9. The van der Waals surface area contributed by atoms with Crippen molar-refractivity contribution in [3.05, 3.63) is 59.1 Å². The van der Waals surface area contributed by atoms with Crippen molar-refractivity contribution in [2.45, 2.75) is 70.5 Å². The molecule has 1 N–H and O–H groups in total. The molecule has 2 aromatic rings. The van der Waals surface area contributed by atoms with Gasteiger partial charge in [0.05, 0.1) is 19.1 Å². The minimum Gasteiger partial charge on any atom is -0.497 e. The van der Waals surface area contributed by atoms with Gasteiger partial charge in [0.25, 0.3) is 0 Å². The van der Waals surface area contributed by atoms with Crippen LogP contribution in [0.4, 0.5) is 5.69 Å². The molecular formula is C28H38ClN3O5S. The Morgan fingerprint density at radius 2 is 1.82 bits per heavy atom. The number of carbonyl (C=O) groups is 2. The summed E-state index contributed by atoms with van der Waals surface area (Å²) in [5, 5.41) is 3.64. The van der Waals surface area contributed by atoms with E-state index in [0.717, 1.165) is 37.5 Å². The molecule has 0 aromatic heterocycles. The highest BCUT2D eigenvalue weighted by molar-refractivity contribution is 7.92. The van der Waals surface area contributed by atoms with Crippen LogP contribution >= 0.6 is 11.6 Å². The number of hydrogen-bond acceptors (Lipinski definition) is 5. The number of ether oxygens (including phenoxy) is 1. The first-order valence-corrected chi connectivity index (χ1v) is 15.3. The molecule has 2 amide bonds. The van der Waals surface area contributed by atoms with Crippen LogP contribution in [0.15, 0.2) is 48.5 Å². The molecule has 2 aromatic carbocycles. The fraction of sp³-hybridized carbons (Fsp3) is 0.500. The highest BCUT2D eigenvalue weighted by Gasteiger charge is 2.30. The number of halogens is 1. The lowest BCUT2D eigenvalue weighted by atomic mass is 10.1. The average Bonchev–Trinajstić information content (AvgIpc) is 3.39. The molecule has 1 aliphatic carbocycles. The van der Waals surface area contributed by atoms with Crippen molar-refractivity contribution in [2.75, 3.05) is 24.2 Å². The Kier molecular flexibility index (Phi) is 10.8. The lowest BCUT2D eigenvalue weighted by molar-refractivity contribution is -0.141. The Hall–Kier alpha value is -2.78. The van der Waals surface area contributed by atoms with Crippen LogP contribution < -0.4 is 14.4 Å². The third-order valence-corrected chi connectivity index (χ3v) is 8.29. The van der Waals surface area contributed by atoms with Gasteiger partial charge in [-0.1, -0.05) is 43.5 Å². The zero-order chi connectivity index (χ0) is 27.7. The predicted molar refractivity (Wildman–Crippen MR) is 151 cm³/mol. The van der Waals surface area contributed by atoms with Gasteiger partial charge in [-0.25, -0.2) is 8.42 Å². The minimum absolute atomic E-state index is 0.0940. The molecule has 1 fully saturated rings. The third kappa shape index (κ3) is 8.36. The number of rotatable bonds is 13. The summed E-state index contributed by atoms with van der Waals surface area (Å²) < 4.78 is 31.5. The van der Waals surface area contributed by atoms with Crippen LogP contribution in [0.3, 0.4) is 0 Å². The summed E-state index contributed by atoms with van der Waals surface area (Å²) in [6.45, 7) is 2.28. The standard InChI is InChI=1S/C28H38ClN3O5S/c1-4-26(28(34)30-23-10-5-6-11-23)31(20-21-9-7-12-25(19-21)37-2)27(33)13-8-18-32(38(3,35)36)24-16-14-22(29)15-17-24/h7,9,12,14-17,19,23,26H,4-6,8,10-11,13,18,20H2,1-3H3,(H,30,34). The molecular weight excluding hydrogens is 526 g/mol. The highest BCUT2D eigenvalue weighted by atomic mass is 35.5. The molecule has 3 rings (SSSR count). The number of amides is 2. The predicted octanol–water partition coefficient (Wildman–Crippen LogP) is 4.76. The van der Waals surface area contributed by atoms with Crippen molar-refractivity contribution in [1.82, 2.24) is 10.2 Å². The van der Waals surface area contributed by atoms with E-state index in [1.54, 1.807) is 36.3 Å². The molecule has 38 heavy (non-hydrogen) atoms. The lowest BCUT2D eigenvalue weighted by Crippen LogP contribution is -2.51. The Balaban J connectivity index is 1.76. The van der Waals surface area contributed by atoms with Gasteiger partial charge in [-0.15, -0.1) is 0 Å². The number of carbonyl (C=O) groups excluding carboxylic acids is 2. The zero-order valence-electron chi connectivity index (χ0n) is 22.4. The van der Waals surface area contributed by atoms with Gasteiger partial charge in [-0.2, -0.15) is 0 Å². The number of benzene rings is 2. The van der Waals surface area contributed by atoms with E-state index in [-0.39, 0.29) is 37.4 Å². The molecule has 208 valence electrons. The summed E-state index contributed by atoms with van der Waals surface area (Å²) in [5.74, 6) is 0.325. The topological polar surface area (TPSA) is 96.0 Å². The van der Waals surface area contributed by atoms with Crippen LogP contribution in [-0.4, -0.2) is 57.1 Å². The molecule has 8 nitrogen and oxygen atoms in total. The Morgan fingerprint density at radius 3 is 2.42 bits per heavy atom. The maximum atomic E-state index is 13.6. The maximum absolute atomic E-state index is 13.6. The van der Waals surface area contributed by atoms with Gasteiger partial charge in [0.15, 0.2) is 0 Å². The summed E-state index contributed by atoms with van der Waals surface area (Å²) in [6.07, 6.45) is 6.10. The van der Waals surface area contributed by atoms with E-state index in [1.807, 2.05) is 31.2 Å². The lowest BCUT2D eigenvalue weighted by Gasteiger charge is -2.32. The third-order valence-electron chi connectivity index (χ3n) is 6.84. The Labute approximate surface area is 231 Å². The van der Waals surface area contributed by atoms with E-state index in [9.17, 15) is 18.0 Å². The molecule has 1 saturated carbocycles. The van der Waals surface area contributed by atoms with E-state index < -0.39 is 16.1 Å². The van der Waals surface area contributed by atoms with E-state index in [4.69, 9.17) is 16.3 Å². The first kappa shape index (κ1) is 29.8. The van der Waals surface area contributed by atoms with E-state index in [0.29, 0.717) is 29.3 Å². The summed E-state index contributed by atoms with van der Waals surface area (Å²) in [4.78, 5) is 28.5. The van der Waals surface area contributed by atoms with Gasteiger partial charge in [-0.3, -0.25) is 13.9 Å². The van der Waals surface area contributed by atoms with E-state index in [1.165, 1.54) is 4.31 Å². The SMILES string of the molecule is CCC(C(=O)NC1CCCC1)N(Cc1cccc(OC)c1)C(=O)CCCN(c1ccc(Cl)cc1)S(C)(=O)=O. The molecule has 0 aliphatic heterocycles. The van der Waals surface area contributed by atoms with Crippen LogP contribution in [0, 0.1) is 0 Å². The number of sulfonamides is 1. The summed E-state index contributed by atoms with van der Waals surface area (Å²) >= 11 is 5.96. The normalized spacial score (nSPS) is 14.6. The number of nitrogens with zero attached hydrogens (tertiary/aromatic N) is 2. The second-order valence-electron chi connectivity index (χ2n) is 9.70. The van der Waals surface area contributed by atoms with Crippen LogP contribution in [0.1, 0.15) is 57.4 Å². The van der Waals surface area contributed by atoms with Crippen molar-refractivity contribution in [3.8, 4) is 5.75 Å². The van der Waals surface area contributed by atoms with E-state index in [2.05, 4.69) is 5.32 Å². The Morgan fingerprint density at radius 1 is 1.13 bits per heavy atom. The van der Waals surface area contributed by atoms with Crippen LogP contribution in [-0.2, 0) is 26.2 Å².